The van der Waals surface area contributed by atoms with E-state index in [2.05, 4.69) is 0 Å². The number of nitrogens with zero attached hydrogens (tertiary/aromatic N) is 1. The van der Waals surface area contributed by atoms with E-state index in [1.54, 1.807) is 13.8 Å². The van der Waals surface area contributed by atoms with Crippen LogP contribution in [0.5, 0.6) is 0 Å². The Balaban J connectivity index is 2.59. The molecular formula is C9H17NO3. The summed E-state index contributed by atoms with van der Waals surface area (Å²) in [5.41, 5.74) is -1.29. The number of rotatable bonds is 2. The van der Waals surface area contributed by atoms with Gasteiger partial charge in [0, 0.05) is 0 Å². The number of aliphatic hydroxyl groups is 1. The number of hydrogen-bond acceptors (Lipinski definition) is 3. The minimum absolute atomic E-state index is 0.315. The van der Waals surface area contributed by atoms with E-state index in [0.717, 1.165) is 0 Å². The molecule has 0 aromatic heterocycles. The van der Waals surface area contributed by atoms with E-state index < -0.39 is 11.2 Å². The Morgan fingerprint density at radius 1 is 1.62 bits per heavy atom. The van der Waals surface area contributed by atoms with Crippen LogP contribution in [0.4, 0.5) is 4.79 Å². The predicted octanol–water partition coefficient (Wildman–Crippen LogP) is 0.988. The molecule has 0 bridgehead atoms. The lowest BCUT2D eigenvalue weighted by Crippen LogP contribution is -2.40. The van der Waals surface area contributed by atoms with Crippen molar-refractivity contribution in [1.82, 2.24) is 4.90 Å². The smallest absolute Gasteiger partial charge is 0.410 e. The summed E-state index contributed by atoms with van der Waals surface area (Å²) in [7, 11) is 0. The van der Waals surface area contributed by atoms with Crippen LogP contribution in [-0.4, -0.2) is 40.4 Å². The van der Waals surface area contributed by atoms with E-state index in [0.29, 0.717) is 13.1 Å². The normalized spacial score (nSPS) is 21.9. The van der Waals surface area contributed by atoms with E-state index in [1.165, 1.54) is 4.90 Å². The van der Waals surface area contributed by atoms with Crippen LogP contribution in [0.15, 0.2) is 0 Å². The highest BCUT2D eigenvalue weighted by molar-refractivity contribution is 5.70. The van der Waals surface area contributed by atoms with Gasteiger partial charge in [-0.3, -0.25) is 0 Å². The molecule has 1 N–H and O–H groups in total. The van der Waals surface area contributed by atoms with Gasteiger partial charge in [0.05, 0.1) is 18.7 Å². The molecule has 1 amide bonds. The fourth-order valence-electron chi connectivity index (χ4n) is 1.44. The van der Waals surface area contributed by atoms with Gasteiger partial charge in [0.25, 0.3) is 0 Å². The molecule has 13 heavy (non-hydrogen) atoms. The molecule has 1 heterocycles. The molecule has 76 valence electrons. The first-order chi connectivity index (χ1) is 5.70. The molecular weight excluding hydrogens is 170 g/mol. The average Bonchev–Trinajstić information content (AvgIpc) is 2.00. The largest absolute Gasteiger partial charge is 0.441 e. The van der Waals surface area contributed by atoms with Crippen LogP contribution in [0.25, 0.3) is 0 Å². The molecule has 0 atom stereocenters. The number of β-amino-alcohol motifs (C(OH)–C–C–N with tert-alkyl or cyclic N) is 1. The van der Waals surface area contributed by atoms with Crippen molar-refractivity contribution in [1.29, 1.82) is 0 Å². The predicted molar refractivity (Wildman–Crippen MR) is 48.4 cm³/mol. The van der Waals surface area contributed by atoms with Crippen molar-refractivity contribution in [2.45, 2.75) is 38.9 Å². The van der Waals surface area contributed by atoms with Gasteiger partial charge in [-0.25, -0.2) is 4.79 Å². The average molecular weight is 187 g/mol. The lowest BCUT2D eigenvalue weighted by Gasteiger charge is -2.23. The molecule has 1 aliphatic heterocycles. The summed E-state index contributed by atoms with van der Waals surface area (Å²) >= 11 is 0. The lowest BCUT2D eigenvalue weighted by atomic mass is 10.1. The van der Waals surface area contributed by atoms with Crippen molar-refractivity contribution in [2.24, 2.45) is 0 Å². The molecule has 0 aromatic carbocycles. The Morgan fingerprint density at radius 2 is 2.15 bits per heavy atom. The molecule has 0 unspecified atom stereocenters. The Morgan fingerprint density at radius 3 is 2.46 bits per heavy atom. The minimum Gasteiger partial charge on any atom is -0.441 e. The second-order valence-electron chi connectivity index (χ2n) is 4.80. The number of amides is 1. The van der Waals surface area contributed by atoms with Crippen molar-refractivity contribution in [3.8, 4) is 0 Å². The third-order valence-electron chi connectivity index (χ3n) is 1.77. The second kappa shape index (κ2) is 2.87. The quantitative estimate of drug-likeness (QED) is 0.701. The first-order valence-electron chi connectivity index (χ1n) is 4.40. The fraction of sp³-hybridized carbons (Fsp3) is 0.889. The van der Waals surface area contributed by atoms with Crippen LogP contribution in [0.3, 0.4) is 0 Å². The third-order valence-corrected chi connectivity index (χ3v) is 1.77. The third kappa shape index (κ3) is 2.88. The van der Waals surface area contributed by atoms with Crippen molar-refractivity contribution < 1.29 is 14.6 Å². The fourth-order valence-corrected chi connectivity index (χ4v) is 1.44. The number of ether oxygens (including phenoxy) is 1. The summed E-state index contributed by atoms with van der Waals surface area (Å²) in [6.45, 7) is 7.91. The van der Waals surface area contributed by atoms with Gasteiger partial charge in [-0.1, -0.05) is 0 Å². The Hall–Kier alpha value is -0.770. The molecule has 4 nitrogen and oxygen atoms in total. The number of carbonyl (C=O) groups is 1. The van der Waals surface area contributed by atoms with E-state index in [-0.39, 0.29) is 6.09 Å². The SMILES string of the molecule is CC(C)(O)CN1CC(C)(C)OC1=O. The van der Waals surface area contributed by atoms with E-state index in [4.69, 9.17) is 4.74 Å². The van der Waals surface area contributed by atoms with Gasteiger partial charge in [-0.15, -0.1) is 0 Å². The molecule has 1 rings (SSSR count). The van der Waals surface area contributed by atoms with Crippen LogP contribution >= 0.6 is 0 Å². The van der Waals surface area contributed by atoms with Gasteiger partial charge in [0.1, 0.15) is 5.60 Å². The maximum Gasteiger partial charge on any atom is 0.410 e. The molecule has 4 heteroatoms. The number of carbonyl (C=O) groups excluding carboxylic acids is 1. The number of cyclic esters (lactones) is 1. The topological polar surface area (TPSA) is 49.8 Å². The molecule has 0 saturated carbocycles. The van der Waals surface area contributed by atoms with E-state index in [9.17, 15) is 9.90 Å². The van der Waals surface area contributed by atoms with Crippen LogP contribution in [0, 0.1) is 0 Å². The maximum atomic E-state index is 11.3. The van der Waals surface area contributed by atoms with Gasteiger partial charge >= 0.3 is 6.09 Å². The maximum absolute atomic E-state index is 11.3. The molecule has 1 aliphatic rings. The summed E-state index contributed by atoms with van der Waals surface area (Å²) < 4.78 is 5.08. The van der Waals surface area contributed by atoms with Crippen LogP contribution in [-0.2, 0) is 4.74 Å². The molecule has 1 saturated heterocycles. The zero-order valence-corrected chi connectivity index (χ0v) is 8.63. The zero-order valence-electron chi connectivity index (χ0n) is 8.63. The van der Waals surface area contributed by atoms with Gasteiger partial charge < -0.3 is 14.7 Å². The highest BCUT2D eigenvalue weighted by atomic mass is 16.6. The summed E-state index contributed by atoms with van der Waals surface area (Å²) in [6, 6.07) is 0. The highest BCUT2D eigenvalue weighted by Crippen LogP contribution is 2.22. The van der Waals surface area contributed by atoms with Crippen molar-refractivity contribution in [2.75, 3.05) is 13.1 Å². The van der Waals surface area contributed by atoms with E-state index >= 15 is 0 Å². The van der Waals surface area contributed by atoms with Gasteiger partial charge in [-0.05, 0) is 27.7 Å². The van der Waals surface area contributed by atoms with E-state index in [1.807, 2.05) is 13.8 Å². The van der Waals surface area contributed by atoms with Crippen LogP contribution in [0.2, 0.25) is 0 Å². The van der Waals surface area contributed by atoms with Gasteiger partial charge in [-0.2, -0.15) is 0 Å². The summed E-state index contributed by atoms with van der Waals surface area (Å²) in [4.78, 5) is 12.8. The Bertz CT molecular complexity index is 217. The Kier molecular flexibility index (Phi) is 2.28. The standard InChI is InChI=1S/C9H17NO3/c1-8(2,12)5-10-6-9(3,4)13-7(10)11/h12H,5-6H2,1-4H3. The molecule has 1 fully saturated rings. The zero-order chi connectivity index (χ0) is 10.3. The molecule has 0 spiro atoms. The van der Waals surface area contributed by atoms with Gasteiger partial charge in [0.2, 0.25) is 0 Å². The summed E-state index contributed by atoms with van der Waals surface area (Å²) in [5, 5.41) is 9.52. The molecule has 0 aliphatic carbocycles. The van der Waals surface area contributed by atoms with Crippen molar-refractivity contribution in [3.05, 3.63) is 0 Å². The first kappa shape index (κ1) is 10.3. The molecule has 0 radical (unpaired) electrons. The van der Waals surface area contributed by atoms with Crippen LogP contribution in [0.1, 0.15) is 27.7 Å². The monoisotopic (exact) mass is 187 g/mol. The first-order valence-corrected chi connectivity index (χ1v) is 4.40. The summed E-state index contributed by atoms with van der Waals surface area (Å²) in [5.74, 6) is 0. The van der Waals surface area contributed by atoms with Crippen molar-refractivity contribution in [3.63, 3.8) is 0 Å². The van der Waals surface area contributed by atoms with Gasteiger partial charge in [0.15, 0.2) is 0 Å². The summed E-state index contributed by atoms with van der Waals surface area (Å²) in [6.07, 6.45) is -0.341. The highest BCUT2D eigenvalue weighted by Gasteiger charge is 2.39. The minimum atomic E-state index is -0.862. The van der Waals surface area contributed by atoms with Crippen LogP contribution < -0.4 is 0 Å². The second-order valence-corrected chi connectivity index (χ2v) is 4.80. The Labute approximate surface area is 78.5 Å². The lowest BCUT2D eigenvalue weighted by molar-refractivity contribution is 0.0491. The molecule has 0 aromatic rings. The number of hydrogen-bond donors (Lipinski definition) is 1. The van der Waals surface area contributed by atoms with Crippen molar-refractivity contribution >= 4 is 6.09 Å².